The van der Waals surface area contributed by atoms with E-state index in [0.717, 1.165) is 24.8 Å². The zero-order chi connectivity index (χ0) is 8.89. The van der Waals surface area contributed by atoms with Gasteiger partial charge in [-0.1, -0.05) is 12.8 Å². The fraction of sp³-hybridized carbons (Fsp3) is 0.909. The van der Waals surface area contributed by atoms with Crippen molar-refractivity contribution < 1.29 is 4.79 Å². The third-order valence-corrected chi connectivity index (χ3v) is 4.56. The molecule has 1 amide bonds. The Bertz CT molecular complexity index is 242. The third-order valence-electron chi connectivity index (χ3n) is 4.56. The number of carbonyl (C=O) groups excluding carboxylic acids is 1. The Balaban J connectivity index is 1.87. The maximum absolute atomic E-state index is 11.3. The van der Waals surface area contributed by atoms with Gasteiger partial charge in [-0.15, -0.1) is 0 Å². The van der Waals surface area contributed by atoms with Crippen LogP contribution in [0.3, 0.4) is 0 Å². The first kappa shape index (κ1) is 7.84. The first-order valence-corrected chi connectivity index (χ1v) is 5.55. The quantitative estimate of drug-likeness (QED) is 0.602. The lowest BCUT2D eigenvalue weighted by molar-refractivity contribution is -0.120. The Morgan fingerprint density at radius 2 is 2.00 bits per heavy atom. The molecule has 2 heteroatoms. The predicted molar refractivity (Wildman–Crippen MR) is 50.1 cm³/mol. The number of carbonyl (C=O) groups is 1. The zero-order valence-corrected chi connectivity index (χ0v) is 8.01. The Labute approximate surface area is 79.1 Å². The minimum atomic E-state index is 0.299. The molecule has 0 aromatic rings. The number of amides is 1. The van der Waals surface area contributed by atoms with Crippen molar-refractivity contribution in [1.29, 1.82) is 0 Å². The molecule has 1 saturated heterocycles. The van der Waals surface area contributed by atoms with Crippen molar-refractivity contribution in [2.75, 3.05) is 6.54 Å². The van der Waals surface area contributed by atoms with Gasteiger partial charge < -0.3 is 5.32 Å². The van der Waals surface area contributed by atoms with Crippen LogP contribution in [0.15, 0.2) is 0 Å². The molecule has 1 spiro atoms. The van der Waals surface area contributed by atoms with Crippen LogP contribution in [0.5, 0.6) is 0 Å². The molecule has 4 rings (SSSR count). The van der Waals surface area contributed by atoms with Crippen LogP contribution in [0.2, 0.25) is 0 Å². The second-order valence-corrected chi connectivity index (χ2v) is 5.24. The fourth-order valence-electron chi connectivity index (χ4n) is 3.87. The maximum atomic E-state index is 11.3. The Hall–Kier alpha value is -0.530. The summed E-state index contributed by atoms with van der Waals surface area (Å²) >= 11 is 0. The second-order valence-electron chi connectivity index (χ2n) is 5.24. The van der Waals surface area contributed by atoms with Crippen LogP contribution in [0, 0.1) is 17.3 Å². The zero-order valence-electron chi connectivity index (χ0n) is 8.01. The lowest BCUT2D eigenvalue weighted by atomic mass is 9.55. The summed E-state index contributed by atoms with van der Waals surface area (Å²) in [5, 5.41) is 3.03. The Kier molecular flexibility index (Phi) is 1.50. The van der Waals surface area contributed by atoms with E-state index in [1.807, 2.05) is 0 Å². The SMILES string of the molecule is O=C1CC2(CN1)CC1CCC2CC1. The van der Waals surface area contributed by atoms with Crippen LogP contribution in [0.4, 0.5) is 0 Å². The van der Waals surface area contributed by atoms with Gasteiger partial charge in [-0.2, -0.15) is 0 Å². The van der Waals surface area contributed by atoms with Crippen LogP contribution in [-0.4, -0.2) is 12.5 Å². The van der Waals surface area contributed by atoms with Crippen molar-refractivity contribution in [3.63, 3.8) is 0 Å². The van der Waals surface area contributed by atoms with Crippen molar-refractivity contribution in [1.82, 2.24) is 5.32 Å². The van der Waals surface area contributed by atoms with Gasteiger partial charge in [0.25, 0.3) is 0 Å². The van der Waals surface area contributed by atoms with Gasteiger partial charge in [-0.25, -0.2) is 0 Å². The van der Waals surface area contributed by atoms with E-state index < -0.39 is 0 Å². The largest absolute Gasteiger partial charge is 0.356 e. The highest BCUT2D eigenvalue weighted by molar-refractivity contribution is 5.79. The van der Waals surface area contributed by atoms with Crippen LogP contribution in [0.25, 0.3) is 0 Å². The summed E-state index contributed by atoms with van der Waals surface area (Å²) in [5.74, 6) is 2.10. The molecule has 1 heterocycles. The second kappa shape index (κ2) is 2.49. The molecule has 2 nitrogen and oxygen atoms in total. The molecule has 0 aromatic heterocycles. The summed E-state index contributed by atoms with van der Waals surface area (Å²) in [5.41, 5.74) is 0.401. The molecule has 1 atom stereocenters. The van der Waals surface area contributed by atoms with Crippen molar-refractivity contribution >= 4 is 5.91 Å². The highest BCUT2D eigenvalue weighted by atomic mass is 16.1. The molecule has 0 radical (unpaired) electrons. The molecule has 3 aliphatic carbocycles. The minimum absolute atomic E-state index is 0.299. The van der Waals surface area contributed by atoms with Gasteiger partial charge in [0.15, 0.2) is 0 Å². The summed E-state index contributed by atoms with van der Waals surface area (Å²) < 4.78 is 0. The van der Waals surface area contributed by atoms with Crippen molar-refractivity contribution in [2.45, 2.75) is 38.5 Å². The number of hydrogen-bond donors (Lipinski definition) is 1. The van der Waals surface area contributed by atoms with Crippen LogP contribution >= 0.6 is 0 Å². The molecule has 1 unspecified atom stereocenters. The van der Waals surface area contributed by atoms with E-state index in [0.29, 0.717) is 11.3 Å². The Morgan fingerprint density at radius 3 is 2.46 bits per heavy atom. The molecule has 4 aliphatic rings. The summed E-state index contributed by atoms with van der Waals surface area (Å²) in [6.07, 6.45) is 7.80. The molecule has 3 saturated carbocycles. The van der Waals surface area contributed by atoms with Gasteiger partial charge in [0.05, 0.1) is 0 Å². The van der Waals surface area contributed by atoms with Crippen LogP contribution in [0.1, 0.15) is 38.5 Å². The summed E-state index contributed by atoms with van der Waals surface area (Å²) in [7, 11) is 0. The lowest BCUT2D eigenvalue weighted by Crippen LogP contribution is -2.43. The normalized spacial score (nSPS) is 48.5. The van der Waals surface area contributed by atoms with Gasteiger partial charge in [0, 0.05) is 13.0 Å². The smallest absolute Gasteiger partial charge is 0.220 e. The number of hydrogen-bond acceptors (Lipinski definition) is 1. The summed E-state index contributed by atoms with van der Waals surface area (Å²) in [4.78, 5) is 11.3. The molecule has 0 aromatic carbocycles. The highest BCUT2D eigenvalue weighted by Gasteiger charge is 2.50. The van der Waals surface area contributed by atoms with E-state index in [-0.39, 0.29) is 0 Å². The van der Waals surface area contributed by atoms with Gasteiger partial charge in [-0.05, 0) is 36.5 Å². The average molecular weight is 179 g/mol. The topological polar surface area (TPSA) is 29.1 Å². The molecule has 1 N–H and O–H groups in total. The predicted octanol–water partition coefficient (Wildman–Crippen LogP) is 1.70. The number of fused-ring (bicyclic) bond motifs is 2. The number of rotatable bonds is 0. The molecule has 13 heavy (non-hydrogen) atoms. The van der Waals surface area contributed by atoms with Crippen LogP contribution in [-0.2, 0) is 4.79 Å². The van der Waals surface area contributed by atoms with Gasteiger partial charge in [0.2, 0.25) is 5.91 Å². The summed E-state index contributed by atoms with van der Waals surface area (Å²) in [6, 6.07) is 0. The summed E-state index contributed by atoms with van der Waals surface area (Å²) in [6.45, 7) is 0.979. The Morgan fingerprint density at radius 1 is 1.23 bits per heavy atom. The maximum Gasteiger partial charge on any atom is 0.220 e. The standard InChI is InChI=1S/C11H17NO/c13-10-6-11(7-12-10)5-8-1-3-9(11)4-2-8/h8-9H,1-7H2,(H,12,13). The molecule has 1 aliphatic heterocycles. The van der Waals surface area contributed by atoms with Crippen molar-refractivity contribution in [3.8, 4) is 0 Å². The van der Waals surface area contributed by atoms with Crippen molar-refractivity contribution in [2.24, 2.45) is 17.3 Å². The first-order valence-electron chi connectivity index (χ1n) is 5.55. The van der Waals surface area contributed by atoms with Gasteiger partial charge in [0.1, 0.15) is 0 Å². The van der Waals surface area contributed by atoms with E-state index >= 15 is 0 Å². The van der Waals surface area contributed by atoms with E-state index in [1.54, 1.807) is 0 Å². The average Bonchev–Trinajstić information content (AvgIpc) is 2.49. The van der Waals surface area contributed by atoms with E-state index in [2.05, 4.69) is 5.32 Å². The van der Waals surface area contributed by atoms with Gasteiger partial charge >= 0.3 is 0 Å². The molecule has 72 valence electrons. The van der Waals surface area contributed by atoms with E-state index in [9.17, 15) is 4.79 Å². The third kappa shape index (κ3) is 1.04. The number of nitrogens with one attached hydrogen (secondary N) is 1. The minimum Gasteiger partial charge on any atom is -0.356 e. The lowest BCUT2D eigenvalue weighted by Gasteiger charge is -2.49. The van der Waals surface area contributed by atoms with Crippen molar-refractivity contribution in [3.05, 3.63) is 0 Å². The van der Waals surface area contributed by atoms with Gasteiger partial charge in [-0.3, -0.25) is 4.79 Å². The highest BCUT2D eigenvalue weighted by Crippen LogP contribution is 2.55. The van der Waals surface area contributed by atoms with Crippen LogP contribution < -0.4 is 5.32 Å². The molecule has 4 fully saturated rings. The first-order chi connectivity index (χ1) is 6.28. The molecular formula is C11H17NO. The molecular weight excluding hydrogens is 162 g/mol. The fourth-order valence-corrected chi connectivity index (χ4v) is 3.87. The monoisotopic (exact) mass is 179 g/mol. The molecule has 2 bridgehead atoms. The van der Waals surface area contributed by atoms with E-state index in [4.69, 9.17) is 0 Å². The van der Waals surface area contributed by atoms with E-state index in [1.165, 1.54) is 32.1 Å².